The Morgan fingerprint density at radius 2 is 1.76 bits per heavy atom. The molecule has 0 radical (unpaired) electrons. The SMILES string of the molecule is NCC1(C2(c3ccccc3Br)COC2)COC1. The van der Waals surface area contributed by atoms with E-state index in [9.17, 15) is 0 Å². The second-order valence-electron chi connectivity index (χ2n) is 5.03. The van der Waals surface area contributed by atoms with Crippen LogP contribution in [0.4, 0.5) is 0 Å². The average Bonchev–Trinajstić information content (AvgIpc) is 2.22. The van der Waals surface area contributed by atoms with Gasteiger partial charge in [-0.05, 0) is 11.6 Å². The normalized spacial score (nSPS) is 24.8. The summed E-state index contributed by atoms with van der Waals surface area (Å²) in [5.74, 6) is 0. The Morgan fingerprint density at radius 3 is 2.18 bits per heavy atom. The van der Waals surface area contributed by atoms with Crippen LogP contribution >= 0.6 is 15.9 Å². The van der Waals surface area contributed by atoms with Crippen LogP contribution in [0.15, 0.2) is 28.7 Å². The van der Waals surface area contributed by atoms with Gasteiger partial charge in [-0.3, -0.25) is 0 Å². The van der Waals surface area contributed by atoms with Gasteiger partial charge in [-0.2, -0.15) is 0 Å². The molecule has 0 aromatic heterocycles. The minimum absolute atomic E-state index is 0.0279. The molecule has 0 atom stereocenters. The van der Waals surface area contributed by atoms with Crippen LogP contribution in [0.1, 0.15) is 5.56 Å². The minimum atomic E-state index is 0.0279. The summed E-state index contributed by atoms with van der Waals surface area (Å²) in [6.07, 6.45) is 0. The zero-order valence-electron chi connectivity index (χ0n) is 9.62. The third-order valence-corrected chi connectivity index (χ3v) is 4.94. The lowest BCUT2D eigenvalue weighted by Gasteiger charge is -2.59. The van der Waals surface area contributed by atoms with Crippen molar-refractivity contribution < 1.29 is 9.47 Å². The van der Waals surface area contributed by atoms with Crippen molar-refractivity contribution in [2.24, 2.45) is 11.1 Å². The van der Waals surface area contributed by atoms with Gasteiger partial charge in [0.1, 0.15) is 0 Å². The lowest BCUT2D eigenvalue weighted by atomic mass is 9.57. The maximum atomic E-state index is 6.00. The van der Waals surface area contributed by atoms with Crippen LogP contribution < -0.4 is 5.73 Å². The summed E-state index contributed by atoms with van der Waals surface area (Å²) in [6.45, 7) is 3.63. The van der Waals surface area contributed by atoms with Crippen LogP contribution in [-0.2, 0) is 14.9 Å². The largest absolute Gasteiger partial charge is 0.380 e. The van der Waals surface area contributed by atoms with Gasteiger partial charge < -0.3 is 15.2 Å². The number of rotatable bonds is 3. The number of benzene rings is 1. The molecular formula is C13H16BrNO2. The van der Waals surface area contributed by atoms with Gasteiger partial charge in [0.25, 0.3) is 0 Å². The van der Waals surface area contributed by atoms with Crippen LogP contribution in [0.5, 0.6) is 0 Å². The quantitative estimate of drug-likeness (QED) is 0.923. The number of ether oxygens (including phenoxy) is 2. The molecule has 0 unspecified atom stereocenters. The van der Waals surface area contributed by atoms with Crippen molar-refractivity contribution in [2.45, 2.75) is 5.41 Å². The third-order valence-electron chi connectivity index (χ3n) is 4.25. The van der Waals surface area contributed by atoms with Crippen molar-refractivity contribution >= 4 is 15.9 Å². The van der Waals surface area contributed by atoms with Crippen LogP contribution in [-0.4, -0.2) is 33.0 Å². The molecule has 3 nitrogen and oxygen atoms in total. The first kappa shape index (κ1) is 11.7. The average molecular weight is 298 g/mol. The van der Waals surface area contributed by atoms with Crippen molar-refractivity contribution in [3.8, 4) is 0 Å². The van der Waals surface area contributed by atoms with Gasteiger partial charge in [0.2, 0.25) is 0 Å². The van der Waals surface area contributed by atoms with Crippen LogP contribution in [0.2, 0.25) is 0 Å². The molecule has 2 aliphatic rings. The fraction of sp³-hybridized carbons (Fsp3) is 0.538. The molecule has 0 aliphatic carbocycles. The molecule has 17 heavy (non-hydrogen) atoms. The van der Waals surface area contributed by atoms with Gasteiger partial charge in [-0.25, -0.2) is 0 Å². The number of halogens is 1. The fourth-order valence-electron chi connectivity index (χ4n) is 2.84. The van der Waals surface area contributed by atoms with E-state index in [1.807, 2.05) is 6.07 Å². The van der Waals surface area contributed by atoms with Gasteiger partial charge in [0.15, 0.2) is 0 Å². The van der Waals surface area contributed by atoms with E-state index < -0.39 is 0 Å². The highest BCUT2D eigenvalue weighted by atomic mass is 79.9. The smallest absolute Gasteiger partial charge is 0.0593 e. The summed E-state index contributed by atoms with van der Waals surface area (Å²) in [6, 6.07) is 8.36. The molecule has 0 saturated carbocycles. The molecule has 92 valence electrons. The summed E-state index contributed by atoms with van der Waals surface area (Å²) in [5, 5.41) is 0. The van der Waals surface area contributed by atoms with Gasteiger partial charge in [-0.15, -0.1) is 0 Å². The first-order valence-corrected chi connectivity index (χ1v) is 6.64. The van der Waals surface area contributed by atoms with Gasteiger partial charge in [-0.1, -0.05) is 34.1 Å². The summed E-state index contributed by atoms with van der Waals surface area (Å²) in [4.78, 5) is 0. The Bertz CT molecular complexity index is 422. The maximum absolute atomic E-state index is 6.00. The zero-order valence-corrected chi connectivity index (χ0v) is 11.2. The van der Waals surface area contributed by atoms with E-state index in [-0.39, 0.29) is 10.8 Å². The van der Waals surface area contributed by atoms with E-state index in [0.29, 0.717) is 6.54 Å². The van der Waals surface area contributed by atoms with E-state index >= 15 is 0 Å². The third kappa shape index (κ3) is 1.45. The highest BCUT2D eigenvalue weighted by Gasteiger charge is 2.60. The Balaban J connectivity index is 2.06. The van der Waals surface area contributed by atoms with Gasteiger partial charge >= 0.3 is 0 Å². The Morgan fingerprint density at radius 1 is 1.12 bits per heavy atom. The van der Waals surface area contributed by atoms with E-state index in [1.165, 1.54) is 5.56 Å². The van der Waals surface area contributed by atoms with E-state index in [4.69, 9.17) is 15.2 Å². The Labute approximate surface area is 109 Å². The molecule has 2 aliphatic heterocycles. The fourth-order valence-corrected chi connectivity index (χ4v) is 3.51. The topological polar surface area (TPSA) is 44.5 Å². The van der Waals surface area contributed by atoms with E-state index in [2.05, 4.69) is 34.1 Å². The highest BCUT2D eigenvalue weighted by molar-refractivity contribution is 9.10. The molecule has 1 aromatic carbocycles. The van der Waals surface area contributed by atoms with Crippen LogP contribution in [0, 0.1) is 5.41 Å². The molecular weight excluding hydrogens is 282 g/mol. The molecule has 2 fully saturated rings. The first-order valence-electron chi connectivity index (χ1n) is 5.85. The van der Waals surface area contributed by atoms with Gasteiger partial charge in [0.05, 0.1) is 31.8 Å². The molecule has 0 amide bonds. The molecule has 4 heteroatoms. The second kappa shape index (κ2) is 4.05. The van der Waals surface area contributed by atoms with Crippen molar-refractivity contribution in [3.63, 3.8) is 0 Å². The Kier molecular flexibility index (Phi) is 2.78. The number of hydrogen-bond acceptors (Lipinski definition) is 3. The molecule has 2 heterocycles. The van der Waals surface area contributed by atoms with Crippen molar-refractivity contribution in [2.75, 3.05) is 33.0 Å². The first-order chi connectivity index (χ1) is 8.24. The monoisotopic (exact) mass is 297 g/mol. The number of nitrogens with two attached hydrogens (primary N) is 1. The second-order valence-corrected chi connectivity index (χ2v) is 5.89. The molecule has 1 aromatic rings. The van der Waals surface area contributed by atoms with E-state index in [1.54, 1.807) is 0 Å². The Hall–Kier alpha value is -0.420. The van der Waals surface area contributed by atoms with Crippen molar-refractivity contribution in [1.29, 1.82) is 0 Å². The van der Waals surface area contributed by atoms with Crippen molar-refractivity contribution in [3.05, 3.63) is 34.3 Å². The predicted octanol–water partition coefficient (Wildman–Crippen LogP) is 1.69. The van der Waals surface area contributed by atoms with Crippen molar-refractivity contribution in [1.82, 2.24) is 0 Å². The summed E-state index contributed by atoms with van der Waals surface area (Å²) >= 11 is 3.64. The summed E-state index contributed by atoms with van der Waals surface area (Å²) < 4.78 is 12.1. The molecule has 3 rings (SSSR count). The molecule has 0 bridgehead atoms. The lowest BCUT2D eigenvalue weighted by molar-refractivity contribution is -0.224. The highest BCUT2D eigenvalue weighted by Crippen LogP contribution is 2.52. The van der Waals surface area contributed by atoms with Crippen LogP contribution in [0.25, 0.3) is 0 Å². The maximum Gasteiger partial charge on any atom is 0.0593 e. The van der Waals surface area contributed by atoms with E-state index in [0.717, 1.165) is 30.9 Å². The predicted molar refractivity (Wildman–Crippen MR) is 68.9 cm³/mol. The lowest BCUT2D eigenvalue weighted by Crippen LogP contribution is -2.69. The van der Waals surface area contributed by atoms with Gasteiger partial charge in [0, 0.05) is 16.4 Å². The minimum Gasteiger partial charge on any atom is -0.380 e. The summed E-state index contributed by atoms with van der Waals surface area (Å²) in [5.41, 5.74) is 7.39. The molecule has 2 N–H and O–H groups in total. The van der Waals surface area contributed by atoms with Crippen LogP contribution in [0.3, 0.4) is 0 Å². The summed E-state index contributed by atoms with van der Waals surface area (Å²) in [7, 11) is 0. The number of hydrogen-bond donors (Lipinski definition) is 1. The standard InChI is InChI=1S/C13H16BrNO2/c14-11-4-2-1-3-10(11)13(8-17-9-13)12(5-15)6-16-7-12/h1-4H,5-9,15H2. The molecule has 2 saturated heterocycles. The molecule has 0 spiro atoms. The zero-order chi connectivity index (χ0) is 11.9.